The first-order chi connectivity index (χ1) is 19.4. The number of hydrogen-bond acceptors (Lipinski definition) is 7. The van der Waals surface area contributed by atoms with E-state index in [4.69, 9.17) is 9.47 Å². The molecule has 9 nitrogen and oxygen atoms in total. The molecule has 0 aromatic heterocycles. The van der Waals surface area contributed by atoms with Crippen LogP contribution in [-0.4, -0.2) is 88.0 Å². The van der Waals surface area contributed by atoms with Gasteiger partial charge in [0, 0.05) is 63.6 Å². The van der Waals surface area contributed by atoms with Crippen molar-refractivity contribution in [2.24, 2.45) is 0 Å². The summed E-state index contributed by atoms with van der Waals surface area (Å²) in [5.74, 6) is 0.404. The van der Waals surface area contributed by atoms with Crippen LogP contribution in [0.25, 0.3) is 6.08 Å². The van der Waals surface area contributed by atoms with Gasteiger partial charge in [-0.05, 0) is 43.7 Å². The van der Waals surface area contributed by atoms with Crippen molar-refractivity contribution in [3.05, 3.63) is 65.7 Å². The van der Waals surface area contributed by atoms with Crippen LogP contribution in [0.15, 0.2) is 54.6 Å². The third kappa shape index (κ3) is 5.87. The summed E-state index contributed by atoms with van der Waals surface area (Å²) in [6.45, 7) is 11.1. The fraction of sp³-hybridized carbons (Fsp3) is 0.484. The molecule has 1 unspecified atom stereocenters. The minimum Gasteiger partial charge on any atom is -0.463 e. The molecule has 2 aromatic rings. The van der Waals surface area contributed by atoms with Crippen molar-refractivity contribution in [3.63, 3.8) is 0 Å². The molecule has 1 atom stereocenters. The van der Waals surface area contributed by atoms with Gasteiger partial charge in [0.25, 0.3) is 0 Å². The lowest BCUT2D eigenvalue weighted by Gasteiger charge is -2.47. The third-order valence-electron chi connectivity index (χ3n) is 8.15. The van der Waals surface area contributed by atoms with E-state index in [9.17, 15) is 9.59 Å². The predicted octanol–water partition coefficient (Wildman–Crippen LogP) is 2.13. The molecule has 5 rings (SSSR count). The minimum atomic E-state index is -0.649. The normalized spacial score (nSPS) is 23.2. The van der Waals surface area contributed by atoms with E-state index in [2.05, 4.69) is 82.1 Å². The monoisotopic (exact) mass is 547 g/mol. The van der Waals surface area contributed by atoms with Crippen LogP contribution in [0, 0.1) is 0 Å². The van der Waals surface area contributed by atoms with Crippen LogP contribution in [0.5, 0.6) is 5.75 Å². The number of ether oxygens (including phenoxy) is 2. The number of anilines is 1. The van der Waals surface area contributed by atoms with Crippen molar-refractivity contribution < 1.29 is 19.1 Å². The summed E-state index contributed by atoms with van der Waals surface area (Å²) >= 11 is 0. The molecule has 2 aromatic carbocycles. The highest BCUT2D eigenvalue weighted by atomic mass is 16.5. The quantitative estimate of drug-likeness (QED) is 0.377. The maximum atomic E-state index is 12.0. The topological polar surface area (TPSA) is 95.2 Å². The highest BCUT2D eigenvalue weighted by Crippen LogP contribution is 2.54. The van der Waals surface area contributed by atoms with E-state index < -0.39 is 5.72 Å². The molecule has 3 aliphatic rings. The fourth-order valence-electron chi connectivity index (χ4n) is 5.89. The molecule has 1 fully saturated rings. The molecule has 2 amide bonds. The number of nitrogens with one attached hydrogen (secondary N) is 3. The number of rotatable bonds is 6. The second-order valence-electron chi connectivity index (χ2n) is 11.0. The van der Waals surface area contributed by atoms with Crippen molar-refractivity contribution in [3.8, 4) is 5.75 Å². The lowest BCUT2D eigenvalue weighted by molar-refractivity contribution is -0.129. The Hall–Kier alpha value is -3.40. The van der Waals surface area contributed by atoms with E-state index in [1.54, 1.807) is 0 Å². The average Bonchev–Trinajstić information content (AvgIpc) is 3.13. The molecule has 0 aliphatic carbocycles. The van der Waals surface area contributed by atoms with Gasteiger partial charge in [0.2, 0.25) is 17.5 Å². The second-order valence-corrected chi connectivity index (χ2v) is 11.0. The lowest BCUT2D eigenvalue weighted by Crippen LogP contribution is -2.60. The summed E-state index contributed by atoms with van der Waals surface area (Å²) in [7, 11) is 0. The summed E-state index contributed by atoms with van der Waals surface area (Å²) in [4.78, 5) is 28.4. The number of benzene rings is 2. The van der Waals surface area contributed by atoms with E-state index in [1.807, 2.05) is 18.2 Å². The van der Waals surface area contributed by atoms with Crippen molar-refractivity contribution in [2.45, 2.75) is 31.4 Å². The zero-order valence-electron chi connectivity index (χ0n) is 23.6. The first kappa shape index (κ1) is 28.1. The van der Waals surface area contributed by atoms with Gasteiger partial charge in [0.1, 0.15) is 12.2 Å². The van der Waals surface area contributed by atoms with Crippen LogP contribution < -0.4 is 25.6 Å². The molecular weight excluding hydrogens is 506 g/mol. The van der Waals surface area contributed by atoms with Crippen LogP contribution in [0.2, 0.25) is 0 Å². The Kier molecular flexibility index (Phi) is 8.73. The van der Waals surface area contributed by atoms with E-state index in [-0.39, 0.29) is 23.7 Å². The molecule has 214 valence electrons. The molecule has 9 heteroatoms. The van der Waals surface area contributed by atoms with Crippen molar-refractivity contribution in [1.29, 1.82) is 0 Å². The average molecular weight is 548 g/mol. The standard InChI is InChI=1S/C31H41N5O4/c1-30(2)25-8-4-5-9-26(25)36(31(30)12-11-24-7-3-6-10-27(24)40-31)20-22-39-21-19-35-17-15-32-13-14-33-28(37)23-29(38)34-16-18-35/h3-12,32H,13-23H2,1-2H3,(H,33,37)(H,34,38). The van der Waals surface area contributed by atoms with Crippen molar-refractivity contribution >= 4 is 23.6 Å². The summed E-state index contributed by atoms with van der Waals surface area (Å²) in [6.07, 6.45) is 4.25. The first-order valence-corrected chi connectivity index (χ1v) is 14.3. The summed E-state index contributed by atoms with van der Waals surface area (Å²) in [5.41, 5.74) is 2.61. The van der Waals surface area contributed by atoms with Crippen molar-refractivity contribution in [1.82, 2.24) is 20.9 Å². The van der Waals surface area contributed by atoms with Gasteiger partial charge in [-0.1, -0.05) is 36.4 Å². The maximum Gasteiger partial charge on any atom is 0.229 e. The molecule has 3 N–H and O–H groups in total. The number of para-hydroxylation sites is 2. The fourth-order valence-corrected chi connectivity index (χ4v) is 5.89. The maximum absolute atomic E-state index is 12.0. The highest BCUT2D eigenvalue weighted by Gasteiger charge is 2.58. The Morgan fingerprint density at radius 2 is 1.60 bits per heavy atom. The molecule has 0 bridgehead atoms. The van der Waals surface area contributed by atoms with E-state index in [0.29, 0.717) is 45.9 Å². The Bertz CT molecular complexity index is 1230. The number of hydrogen-bond donors (Lipinski definition) is 3. The molecule has 0 radical (unpaired) electrons. The Morgan fingerprint density at radius 1 is 0.875 bits per heavy atom. The Morgan fingerprint density at radius 3 is 2.48 bits per heavy atom. The van der Waals surface area contributed by atoms with E-state index in [0.717, 1.165) is 30.9 Å². The van der Waals surface area contributed by atoms with Crippen LogP contribution in [0.1, 0.15) is 31.4 Å². The van der Waals surface area contributed by atoms with E-state index in [1.165, 1.54) is 11.3 Å². The van der Waals surface area contributed by atoms with Gasteiger partial charge in [-0.2, -0.15) is 0 Å². The van der Waals surface area contributed by atoms with Gasteiger partial charge >= 0.3 is 0 Å². The molecule has 3 heterocycles. The summed E-state index contributed by atoms with van der Waals surface area (Å²) in [6, 6.07) is 16.7. The van der Waals surface area contributed by atoms with Crippen LogP contribution in [0.4, 0.5) is 5.69 Å². The van der Waals surface area contributed by atoms with Gasteiger partial charge in [-0.15, -0.1) is 0 Å². The van der Waals surface area contributed by atoms with Gasteiger partial charge in [0.15, 0.2) is 0 Å². The van der Waals surface area contributed by atoms with Gasteiger partial charge in [-0.3, -0.25) is 14.5 Å². The Labute approximate surface area is 236 Å². The minimum absolute atomic E-state index is 0.133. The summed E-state index contributed by atoms with van der Waals surface area (Å²) in [5, 5.41) is 8.96. The zero-order valence-corrected chi connectivity index (χ0v) is 23.6. The van der Waals surface area contributed by atoms with Gasteiger partial charge in [0.05, 0.1) is 18.6 Å². The molecule has 1 spiro atoms. The Balaban J connectivity index is 1.20. The zero-order chi connectivity index (χ0) is 28.0. The van der Waals surface area contributed by atoms with Crippen molar-refractivity contribution in [2.75, 3.05) is 70.5 Å². The number of carbonyl (C=O) groups excluding carboxylic acids is 2. The van der Waals surface area contributed by atoms with Crippen LogP contribution in [0.3, 0.4) is 0 Å². The predicted molar refractivity (Wildman–Crippen MR) is 156 cm³/mol. The van der Waals surface area contributed by atoms with Gasteiger partial charge < -0.3 is 30.3 Å². The number of nitrogens with zero attached hydrogens (tertiary/aromatic N) is 2. The molecule has 0 saturated carbocycles. The molecule has 3 aliphatic heterocycles. The molecular formula is C31H41N5O4. The second kappa shape index (κ2) is 12.4. The third-order valence-corrected chi connectivity index (χ3v) is 8.15. The summed E-state index contributed by atoms with van der Waals surface area (Å²) < 4.78 is 13.0. The van der Waals surface area contributed by atoms with Crippen LogP contribution in [-0.2, 0) is 19.7 Å². The highest BCUT2D eigenvalue weighted by molar-refractivity contribution is 5.96. The smallest absolute Gasteiger partial charge is 0.229 e. The molecule has 40 heavy (non-hydrogen) atoms. The number of fused-ring (bicyclic) bond motifs is 2. The molecule has 1 saturated heterocycles. The number of carbonyl (C=O) groups is 2. The van der Waals surface area contributed by atoms with Gasteiger partial charge in [-0.25, -0.2) is 0 Å². The SMILES string of the molecule is CC1(C)c2ccccc2N(CCOCCN2CCNCCNC(=O)CC(=O)NCC2)C12C=Cc1ccccc1O2. The first-order valence-electron chi connectivity index (χ1n) is 14.3. The number of amides is 2. The van der Waals surface area contributed by atoms with Crippen LogP contribution >= 0.6 is 0 Å². The van der Waals surface area contributed by atoms with E-state index >= 15 is 0 Å². The largest absolute Gasteiger partial charge is 0.463 e. The lowest BCUT2D eigenvalue weighted by atomic mass is 9.76.